The third-order valence-electron chi connectivity index (χ3n) is 6.42. The molecule has 1 aromatic heterocycles. The largest absolute Gasteiger partial charge is 0.353 e. The van der Waals surface area contributed by atoms with E-state index in [-0.39, 0.29) is 5.91 Å². The first-order valence-electron chi connectivity index (χ1n) is 10.9. The summed E-state index contributed by atoms with van der Waals surface area (Å²) >= 11 is 1.60. The molecule has 6 heteroatoms. The highest BCUT2D eigenvalue weighted by atomic mass is 32.1. The van der Waals surface area contributed by atoms with Gasteiger partial charge in [0.05, 0.1) is 4.70 Å². The van der Waals surface area contributed by atoms with Crippen molar-refractivity contribution in [3.8, 4) is 0 Å². The number of carbonyl (C=O) groups is 1. The van der Waals surface area contributed by atoms with Crippen LogP contribution in [-0.2, 0) is 11.2 Å². The molecule has 5 rings (SSSR count). The molecule has 0 aliphatic carbocycles. The van der Waals surface area contributed by atoms with Crippen LogP contribution in [0.5, 0.6) is 0 Å². The van der Waals surface area contributed by atoms with E-state index in [1.807, 2.05) is 0 Å². The van der Waals surface area contributed by atoms with Gasteiger partial charge in [-0.15, -0.1) is 0 Å². The number of amides is 1. The van der Waals surface area contributed by atoms with Crippen LogP contribution in [0, 0.1) is 0 Å². The van der Waals surface area contributed by atoms with Crippen molar-refractivity contribution in [1.29, 1.82) is 0 Å². The number of carbonyl (C=O) groups excluding carboxylic acids is 1. The van der Waals surface area contributed by atoms with Crippen LogP contribution >= 0.6 is 11.5 Å². The summed E-state index contributed by atoms with van der Waals surface area (Å²) in [5, 5.41) is 4.40. The monoisotopic (exact) mass is 420 g/mol. The fraction of sp³-hybridized carbons (Fsp3) is 0.417. The summed E-state index contributed by atoms with van der Waals surface area (Å²) in [6.45, 7) is 7.45. The van der Waals surface area contributed by atoms with Crippen molar-refractivity contribution in [3.63, 3.8) is 0 Å². The quantitative estimate of drug-likeness (QED) is 0.660. The van der Waals surface area contributed by atoms with Crippen molar-refractivity contribution in [2.24, 2.45) is 0 Å². The number of hydrogen-bond donors (Lipinski definition) is 1. The van der Waals surface area contributed by atoms with E-state index in [2.05, 4.69) is 64.5 Å². The zero-order chi connectivity index (χ0) is 20.5. The highest BCUT2D eigenvalue weighted by Crippen LogP contribution is 2.35. The van der Waals surface area contributed by atoms with E-state index in [1.54, 1.807) is 11.5 Å². The van der Waals surface area contributed by atoms with Crippen LogP contribution < -0.4 is 10.2 Å². The lowest BCUT2D eigenvalue weighted by Crippen LogP contribution is -2.46. The van der Waals surface area contributed by atoms with Crippen LogP contribution in [0.1, 0.15) is 36.8 Å². The Hall–Kier alpha value is -2.44. The van der Waals surface area contributed by atoms with Crippen molar-refractivity contribution in [3.05, 3.63) is 53.6 Å². The van der Waals surface area contributed by atoms with Crippen molar-refractivity contribution >= 4 is 39.0 Å². The first-order valence-corrected chi connectivity index (χ1v) is 11.7. The Morgan fingerprint density at radius 2 is 1.93 bits per heavy atom. The average Bonchev–Trinajstić information content (AvgIpc) is 3.19. The molecular formula is C24H28N4OS. The second kappa shape index (κ2) is 8.36. The predicted octanol–water partition coefficient (Wildman–Crippen LogP) is 4.50. The minimum absolute atomic E-state index is 0.146. The van der Waals surface area contributed by atoms with E-state index in [1.165, 1.54) is 21.2 Å². The van der Waals surface area contributed by atoms with Gasteiger partial charge < -0.3 is 10.2 Å². The van der Waals surface area contributed by atoms with Crippen molar-refractivity contribution < 1.29 is 4.79 Å². The van der Waals surface area contributed by atoms with Crippen LogP contribution in [0.3, 0.4) is 0 Å². The van der Waals surface area contributed by atoms with Gasteiger partial charge in [-0.2, -0.15) is 4.37 Å². The lowest BCUT2D eigenvalue weighted by molar-refractivity contribution is -0.116. The first-order chi connectivity index (χ1) is 14.7. The highest BCUT2D eigenvalue weighted by Gasteiger charge is 2.24. The highest BCUT2D eigenvalue weighted by molar-refractivity contribution is 7.13. The van der Waals surface area contributed by atoms with Gasteiger partial charge in [0.1, 0.15) is 5.82 Å². The number of aromatic nitrogens is 1. The number of nitrogens with zero attached hydrogens (tertiary/aromatic N) is 3. The normalized spacial score (nSPS) is 19.7. The van der Waals surface area contributed by atoms with Gasteiger partial charge in [0.2, 0.25) is 5.91 Å². The Morgan fingerprint density at radius 3 is 2.80 bits per heavy atom. The number of fused-ring (bicyclic) bond motifs is 2. The molecule has 0 spiro atoms. The maximum atomic E-state index is 12.0. The Labute approximate surface area is 181 Å². The molecule has 2 aliphatic heterocycles. The van der Waals surface area contributed by atoms with Gasteiger partial charge in [0.25, 0.3) is 0 Å². The zero-order valence-electron chi connectivity index (χ0n) is 17.4. The second-order valence-electron chi connectivity index (χ2n) is 8.47. The number of hydrogen-bond acceptors (Lipinski definition) is 5. The molecule has 0 bridgehead atoms. The molecule has 1 unspecified atom stereocenters. The zero-order valence-corrected chi connectivity index (χ0v) is 18.3. The van der Waals surface area contributed by atoms with Gasteiger partial charge in [0, 0.05) is 43.7 Å². The molecule has 2 aliphatic rings. The Morgan fingerprint density at radius 1 is 1.10 bits per heavy atom. The molecule has 1 amide bonds. The van der Waals surface area contributed by atoms with Crippen LogP contribution in [0.15, 0.2) is 42.5 Å². The van der Waals surface area contributed by atoms with Gasteiger partial charge in [-0.05, 0) is 60.1 Å². The molecule has 1 fully saturated rings. The summed E-state index contributed by atoms with van der Waals surface area (Å²) in [4.78, 5) is 17.0. The first kappa shape index (κ1) is 19.5. The maximum Gasteiger partial charge on any atom is 0.224 e. The topological polar surface area (TPSA) is 48.5 Å². The number of nitrogens with one attached hydrogen (secondary N) is 1. The van der Waals surface area contributed by atoms with Crippen LogP contribution in [0.4, 0.5) is 11.5 Å². The summed E-state index contributed by atoms with van der Waals surface area (Å²) in [6, 6.07) is 15.0. The molecule has 3 heterocycles. The molecule has 1 N–H and O–H groups in total. The smallest absolute Gasteiger partial charge is 0.224 e. The Bertz CT molecular complexity index is 1050. The molecule has 1 atom stereocenters. The molecule has 1 saturated heterocycles. The lowest BCUT2D eigenvalue weighted by Gasteiger charge is -2.35. The summed E-state index contributed by atoms with van der Waals surface area (Å²) in [6.07, 6.45) is 2.71. The molecular weight excluding hydrogens is 392 g/mol. The molecule has 156 valence electrons. The van der Waals surface area contributed by atoms with Crippen LogP contribution in [0.2, 0.25) is 0 Å². The van der Waals surface area contributed by atoms with Crippen LogP contribution in [-0.4, -0.2) is 47.9 Å². The minimum atomic E-state index is 0.146. The number of aryl methyl sites for hydroxylation is 1. The second-order valence-corrected chi connectivity index (χ2v) is 9.27. The predicted molar refractivity (Wildman–Crippen MR) is 125 cm³/mol. The summed E-state index contributed by atoms with van der Waals surface area (Å²) in [5.74, 6) is 1.60. The van der Waals surface area contributed by atoms with E-state index >= 15 is 0 Å². The summed E-state index contributed by atoms with van der Waals surface area (Å²) < 4.78 is 5.98. The van der Waals surface area contributed by atoms with E-state index in [9.17, 15) is 4.79 Å². The Kier molecular flexibility index (Phi) is 5.44. The number of anilines is 2. The van der Waals surface area contributed by atoms with Gasteiger partial charge in [0.15, 0.2) is 0 Å². The number of para-hydroxylation sites is 1. The van der Waals surface area contributed by atoms with Crippen LogP contribution in [0.25, 0.3) is 10.1 Å². The van der Waals surface area contributed by atoms with E-state index < -0.39 is 0 Å². The van der Waals surface area contributed by atoms with E-state index in [0.717, 1.165) is 57.1 Å². The van der Waals surface area contributed by atoms with E-state index in [0.29, 0.717) is 12.3 Å². The number of rotatable bonds is 5. The fourth-order valence-corrected chi connectivity index (χ4v) is 5.54. The van der Waals surface area contributed by atoms with Gasteiger partial charge in [-0.3, -0.25) is 9.69 Å². The standard InChI is InChI=1S/C24H28N4OS/c1-17-16-22(29)25-23-18(6-4-9-19(17)23)7-5-11-27-12-14-28(15-13-27)24-20-8-2-3-10-21(20)30-26-24/h2-4,6,8-10,17H,5,7,11-16H2,1H3,(H,25,29). The van der Waals surface area contributed by atoms with Crippen molar-refractivity contribution in [2.75, 3.05) is 42.9 Å². The summed E-state index contributed by atoms with van der Waals surface area (Å²) in [5.41, 5.74) is 3.64. The SMILES string of the molecule is CC1CC(=O)Nc2c(CCCN3CCN(c4nsc5ccccc45)CC3)cccc21. The number of piperazine rings is 1. The van der Waals surface area contributed by atoms with Crippen molar-refractivity contribution in [1.82, 2.24) is 9.27 Å². The minimum Gasteiger partial charge on any atom is -0.353 e. The van der Waals surface area contributed by atoms with Gasteiger partial charge in [-0.25, -0.2) is 0 Å². The molecule has 5 nitrogen and oxygen atoms in total. The van der Waals surface area contributed by atoms with Gasteiger partial charge >= 0.3 is 0 Å². The third kappa shape index (κ3) is 3.82. The molecule has 30 heavy (non-hydrogen) atoms. The molecule has 3 aromatic rings. The average molecular weight is 421 g/mol. The molecule has 0 radical (unpaired) electrons. The summed E-state index contributed by atoms with van der Waals surface area (Å²) in [7, 11) is 0. The third-order valence-corrected chi connectivity index (χ3v) is 7.24. The lowest BCUT2D eigenvalue weighted by atomic mass is 9.89. The maximum absolute atomic E-state index is 12.0. The Balaban J connectivity index is 1.16. The van der Waals surface area contributed by atoms with E-state index in [4.69, 9.17) is 4.37 Å². The number of benzene rings is 2. The molecule has 0 saturated carbocycles. The fourth-order valence-electron chi connectivity index (χ4n) is 4.75. The van der Waals surface area contributed by atoms with Gasteiger partial charge in [-0.1, -0.05) is 37.3 Å². The van der Waals surface area contributed by atoms with Crippen molar-refractivity contribution in [2.45, 2.75) is 32.1 Å². The molecule has 2 aromatic carbocycles.